The van der Waals surface area contributed by atoms with Gasteiger partial charge in [-0.2, -0.15) is 4.99 Å². The van der Waals surface area contributed by atoms with Crippen molar-refractivity contribution < 1.29 is 9.59 Å². The molecule has 112 valence electrons. The Hall–Kier alpha value is -2.83. The maximum atomic E-state index is 11.6. The monoisotopic (exact) mass is 295 g/mol. The van der Waals surface area contributed by atoms with Gasteiger partial charge in [-0.25, -0.2) is 33.5 Å². The van der Waals surface area contributed by atoms with Crippen molar-refractivity contribution in [1.82, 2.24) is 14.5 Å². The molecular weight excluding hydrogens is 282 g/mol. The molecule has 0 fully saturated rings. The highest BCUT2D eigenvalue weighted by Crippen LogP contribution is 2.13. The molecule has 0 saturated heterocycles. The van der Waals surface area contributed by atoms with Crippen LogP contribution in [0, 0.1) is 0 Å². The van der Waals surface area contributed by atoms with Crippen molar-refractivity contribution in [2.24, 2.45) is 9.98 Å². The van der Waals surface area contributed by atoms with Gasteiger partial charge in [0.1, 0.15) is 6.17 Å². The van der Waals surface area contributed by atoms with Crippen molar-refractivity contribution >= 4 is 12.2 Å². The van der Waals surface area contributed by atoms with Crippen molar-refractivity contribution in [2.45, 2.75) is 31.8 Å². The summed E-state index contributed by atoms with van der Waals surface area (Å²) >= 11 is 0. The number of rotatable bonds is 8. The van der Waals surface area contributed by atoms with Crippen LogP contribution in [-0.2, 0) is 9.59 Å². The Kier molecular flexibility index (Phi) is 6.46. The van der Waals surface area contributed by atoms with Crippen LogP contribution in [0.25, 0.3) is 0 Å². The molecule has 1 rings (SSSR count). The zero-order valence-electron chi connectivity index (χ0n) is 11.0. The average molecular weight is 295 g/mol. The number of H-pyrrole nitrogens is 2. The Morgan fingerprint density at radius 3 is 2.24 bits per heavy atom. The van der Waals surface area contributed by atoms with Crippen LogP contribution in [0.5, 0.6) is 0 Å². The van der Waals surface area contributed by atoms with E-state index in [2.05, 4.69) is 9.98 Å². The van der Waals surface area contributed by atoms with Crippen molar-refractivity contribution in [3.8, 4) is 0 Å². The third-order valence-corrected chi connectivity index (χ3v) is 2.68. The summed E-state index contributed by atoms with van der Waals surface area (Å²) < 4.78 is 0.649. The molecule has 0 radical (unpaired) electrons. The summed E-state index contributed by atoms with van der Waals surface area (Å²) in [7, 11) is 0. The van der Waals surface area contributed by atoms with Gasteiger partial charge in [0.25, 0.3) is 0 Å². The smallest absolute Gasteiger partial charge is 0.259 e. The maximum absolute atomic E-state index is 11.6. The van der Waals surface area contributed by atoms with Gasteiger partial charge < -0.3 is 0 Å². The topological polar surface area (TPSA) is 147 Å². The standard InChI is InChI=1S/C11H13N5O5/c17-6-12-5-3-1-2-4-8(13-7-18)16-10(20)14-9(19)15-11(16)21/h8H,1-5H2,(H2,14,15,19,20,21). The second-order valence-electron chi connectivity index (χ2n) is 4.08. The van der Waals surface area contributed by atoms with Crippen molar-refractivity contribution in [3.05, 3.63) is 31.5 Å². The fourth-order valence-electron chi connectivity index (χ4n) is 1.76. The van der Waals surface area contributed by atoms with Crippen LogP contribution in [0.1, 0.15) is 31.8 Å². The van der Waals surface area contributed by atoms with Crippen LogP contribution < -0.4 is 17.1 Å². The summed E-state index contributed by atoms with van der Waals surface area (Å²) in [5, 5.41) is 0. The minimum absolute atomic E-state index is 0.231. The number of isocyanates is 2. The molecule has 1 unspecified atom stereocenters. The molecule has 1 aromatic rings. The van der Waals surface area contributed by atoms with Crippen molar-refractivity contribution in [3.63, 3.8) is 0 Å². The van der Waals surface area contributed by atoms with Gasteiger partial charge in [0.05, 0.1) is 6.54 Å². The summed E-state index contributed by atoms with van der Waals surface area (Å²) in [5.41, 5.74) is -2.82. The SMILES string of the molecule is O=C=NCCCCCC(N=C=O)n1c(=O)[nH]c(=O)[nH]c1=O. The predicted molar refractivity (Wildman–Crippen MR) is 70.6 cm³/mol. The molecule has 0 amide bonds. The summed E-state index contributed by atoms with van der Waals surface area (Å²) in [6, 6.07) is 0. The molecule has 0 aromatic carbocycles. The lowest BCUT2D eigenvalue weighted by molar-refractivity contribution is 0.416. The van der Waals surface area contributed by atoms with Gasteiger partial charge in [-0.15, -0.1) is 0 Å². The van der Waals surface area contributed by atoms with E-state index >= 15 is 0 Å². The van der Waals surface area contributed by atoms with Crippen LogP contribution in [0.3, 0.4) is 0 Å². The van der Waals surface area contributed by atoms with E-state index in [0.29, 0.717) is 30.4 Å². The summed E-state index contributed by atoms with van der Waals surface area (Å²) in [4.78, 5) is 64.9. The van der Waals surface area contributed by atoms with E-state index in [1.54, 1.807) is 0 Å². The number of aromatic amines is 2. The molecule has 0 aliphatic heterocycles. The van der Waals surface area contributed by atoms with Crippen LogP contribution in [0.4, 0.5) is 0 Å². The molecular formula is C11H13N5O5. The number of aromatic nitrogens is 3. The van der Waals surface area contributed by atoms with Gasteiger partial charge in [-0.3, -0.25) is 9.97 Å². The van der Waals surface area contributed by atoms with Crippen molar-refractivity contribution in [1.29, 1.82) is 0 Å². The van der Waals surface area contributed by atoms with Gasteiger partial charge in [-0.1, -0.05) is 6.42 Å². The highest BCUT2D eigenvalue weighted by molar-refractivity contribution is 5.33. The van der Waals surface area contributed by atoms with Gasteiger partial charge in [0, 0.05) is 0 Å². The van der Waals surface area contributed by atoms with E-state index in [1.165, 1.54) is 12.2 Å². The normalized spacial score (nSPS) is 11.2. The van der Waals surface area contributed by atoms with E-state index in [4.69, 9.17) is 0 Å². The highest BCUT2D eigenvalue weighted by atomic mass is 16.2. The number of nitrogens with zero attached hydrogens (tertiary/aromatic N) is 3. The molecule has 21 heavy (non-hydrogen) atoms. The van der Waals surface area contributed by atoms with Crippen LogP contribution in [0.2, 0.25) is 0 Å². The lowest BCUT2D eigenvalue weighted by Crippen LogP contribution is -2.44. The quantitative estimate of drug-likeness (QED) is 0.357. The number of aliphatic imine (C=N–C) groups is 2. The number of unbranched alkanes of at least 4 members (excludes halogenated alkanes) is 2. The first-order valence-electron chi connectivity index (χ1n) is 6.16. The molecule has 2 N–H and O–H groups in total. The summed E-state index contributed by atoms with van der Waals surface area (Å²) in [6.07, 6.45) is 3.73. The number of carbonyl (C=O) groups excluding carboxylic acids is 2. The summed E-state index contributed by atoms with van der Waals surface area (Å²) in [6.45, 7) is 0.338. The lowest BCUT2D eigenvalue weighted by Gasteiger charge is -2.11. The first-order valence-corrected chi connectivity index (χ1v) is 6.16. The van der Waals surface area contributed by atoms with E-state index < -0.39 is 23.2 Å². The number of hydrogen-bond donors (Lipinski definition) is 2. The maximum Gasteiger partial charge on any atom is 0.335 e. The first kappa shape index (κ1) is 16.2. The van der Waals surface area contributed by atoms with Gasteiger partial charge in [-0.05, 0) is 19.3 Å². The second kappa shape index (κ2) is 8.36. The molecule has 0 aliphatic carbocycles. The minimum Gasteiger partial charge on any atom is -0.259 e. The highest BCUT2D eigenvalue weighted by Gasteiger charge is 2.15. The Labute approximate surface area is 117 Å². The molecule has 0 aliphatic rings. The molecule has 10 heteroatoms. The third kappa shape index (κ3) is 4.98. The zero-order chi connectivity index (χ0) is 15.7. The van der Waals surface area contributed by atoms with Crippen LogP contribution in [-0.4, -0.2) is 33.2 Å². The number of nitrogens with one attached hydrogen (secondary N) is 2. The zero-order valence-corrected chi connectivity index (χ0v) is 11.0. The van der Waals surface area contributed by atoms with E-state index in [-0.39, 0.29) is 6.42 Å². The van der Waals surface area contributed by atoms with E-state index in [0.717, 1.165) is 0 Å². The Bertz CT molecular complexity index is 698. The predicted octanol–water partition coefficient (Wildman–Crippen LogP) is -1.04. The Morgan fingerprint density at radius 1 is 1.00 bits per heavy atom. The van der Waals surface area contributed by atoms with Gasteiger partial charge in [0.15, 0.2) is 0 Å². The minimum atomic E-state index is -1.04. The lowest BCUT2D eigenvalue weighted by atomic mass is 10.1. The molecule has 0 spiro atoms. The third-order valence-electron chi connectivity index (χ3n) is 2.68. The summed E-state index contributed by atoms with van der Waals surface area (Å²) in [5.74, 6) is 0. The molecule has 1 atom stereocenters. The molecule has 10 nitrogen and oxygen atoms in total. The second-order valence-corrected chi connectivity index (χ2v) is 4.08. The van der Waals surface area contributed by atoms with Crippen LogP contribution >= 0.6 is 0 Å². The molecule has 1 aromatic heterocycles. The molecule has 1 heterocycles. The molecule has 0 bridgehead atoms. The largest absolute Gasteiger partial charge is 0.335 e. The number of hydrogen-bond acceptors (Lipinski definition) is 7. The van der Waals surface area contributed by atoms with Crippen LogP contribution in [0.15, 0.2) is 24.4 Å². The first-order chi connectivity index (χ1) is 10.1. The fourth-order valence-corrected chi connectivity index (χ4v) is 1.76. The van der Waals surface area contributed by atoms with E-state index in [9.17, 15) is 24.0 Å². The average Bonchev–Trinajstić information content (AvgIpc) is 2.41. The Balaban J connectivity index is 2.81. The van der Waals surface area contributed by atoms with Gasteiger partial charge in [0.2, 0.25) is 12.2 Å². The molecule has 0 saturated carbocycles. The Morgan fingerprint density at radius 2 is 1.67 bits per heavy atom. The van der Waals surface area contributed by atoms with Gasteiger partial charge >= 0.3 is 17.1 Å². The van der Waals surface area contributed by atoms with E-state index in [1.807, 2.05) is 9.97 Å². The fraction of sp³-hybridized carbons (Fsp3) is 0.545. The van der Waals surface area contributed by atoms with Crippen molar-refractivity contribution in [2.75, 3.05) is 6.54 Å².